The highest BCUT2D eigenvalue weighted by Crippen LogP contribution is 2.33. The number of fused-ring (bicyclic) bond motifs is 1. The lowest BCUT2D eigenvalue weighted by molar-refractivity contribution is 0.436. The molecule has 0 unspecified atom stereocenters. The molecule has 3 aromatic rings. The van der Waals surface area contributed by atoms with Gasteiger partial charge in [0.1, 0.15) is 16.8 Å². The smallest absolute Gasteiger partial charge is 0.119 e. The van der Waals surface area contributed by atoms with Crippen molar-refractivity contribution in [1.82, 2.24) is 15.0 Å². The fourth-order valence-corrected chi connectivity index (χ4v) is 3.48. The number of rotatable bonds is 3. The molecule has 1 N–H and O–H groups in total. The van der Waals surface area contributed by atoms with Gasteiger partial charge in [0.05, 0.1) is 5.69 Å². The zero-order valence-electron chi connectivity index (χ0n) is 14.1. The minimum Gasteiger partial charge on any atom is -0.508 e. The summed E-state index contributed by atoms with van der Waals surface area (Å²) in [4.78, 5) is 1.68. The van der Waals surface area contributed by atoms with Crippen molar-refractivity contribution < 1.29 is 5.11 Å². The predicted octanol–water partition coefficient (Wildman–Crippen LogP) is 4.99. The minimum absolute atomic E-state index is 0.338. The standard InChI is InChI=1S/C22H17N3O/c26-22-11-5-8-19(22)17-12-16(15-6-1-2-7-15)13-18(14-17)25-23-20-9-3-4-10-21(20)24-25/h1-6,9-14,26H,7-8H2. The lowest BCUT2D eigenvalue weighted by atomic mass is 9.97. The number of benzene rings is 2. The van der Waals surface area contributed by atoms with Gasteiger partial charge in [-0.2, -0.15) is 4.80 Å². The van der Waals surface area contributed by atoms with Crippen molar-refractivity contribution in [3.8, 4) is 5.69 Å². The van der Waals surface area contributed by atoms with Crippen LogP contribution in [0.15, 0.2) is 78.6 Å². The third-order valence-electron chi connectivity index (χ3n) is 4.83. The fourth-order valence-electron chi connectivity index (χ4n) is 3.48. The van der Waals surface area contributed by atoms with Crippen LogP contribution >= 0.6 is 0 Å². The average molecular weight is 339 g/mol. The van der Waals surface area contributed by atoms with Gasteiger partial charge in [-0.1, -0.05) is 36.4 Å². The zero-order chi connectivity index (χ0) is 17.5. The largest absolute Gasteiger partial charge is 0.508 e. The molecular weight excluding hydrogens is 322 g/mol. The molecule has 5 rings (SSSR count). The number of aliphatic hydroxyl groups excluding tert-OH is 1. The van der Waals surface area contributed by atoms with Gasteiger partial charge in [-0.3, -0.25) is 0 Å². The van der Waals surface area contributed by atoms with Crippen LogP contribution in [0, 0.1) is 0 Å². The Morgan fingerprint density at radius 1 is 0.885 bits per heavy atom. The summed E-state index contributed by atoms with van der Waals surface area (Å²) in [6.45, 7) is 0. The molecule has 0 saturated heterocycles. The van der Waals surface area contributed by atoms with Crippen molar-refractivity contribution in [3.05, 3.63) is 89.7 Å². The Morgan fingerprint density at radius 2 is 1.65 bits per heavy atom. The van der Waals surface area contributed by atoms with Gasteiger partial charge in [-0.25, -0.2) is 0 Å². The second-order valence-corrected chi connectivity index (χ2v) is 6.54. The highest BCUT2D eigenvalue weighted by atomic mass is 16.3. The molecule has 0 atom stereocenters. The third-order valence-corrected chi connectivity index (χ3v) is 4.83. The minimum atomic E-state index is 0.338. The second kappa shape index (κ2) is 5.85. The summed E-state index contributed by atoms with van der Waals surface area (Å²) in [5.74, 6) is 0.338. The van der Waals surface area contributed by atoms with E-state index in [-0.39, 0.29) is 0 Å². The summed E-state index contributed by atoms with van der Waals surface area (Å²) >= 11 is 0. The van der Waals surface area contributed by atoms with E-state index in [9.17, 15) is 5.11 Å². The van der Waals surface area contributed by atoms with Crippen molar-refractivity contribution in [2.24, 2.45) is 0 Å². The van der Waals surface area contributed by atoms with E-state index in [0.29, 0.717) is 5.76 Å². The molecule has 2 aromatic carbocycles. The quantitative estimate of drug-likeness (QED) is 0.731. The Balaban J connectivity index is 1.68. The van der Waals surface area contributed by atoms with E-state index in [4.69, 9.17) is 0 Å². The van der Waals surface area contributed by atoms with Crippen LogP contribution in [-0.2, 0) is 0 Å². The van der Waals surface area contributed by atoms with Crippen molar-refractivity contribution >= 4 is 22.2 Å². The molecule has 2 aliphatic carbocycles. The average Bonchev–Trinajstić information content (AvgIpc) is 3.41. The van der Waals surface area contributed by atoms with Gasteiger partial charge >= 0.3 is 0 Å². The third kappa shape index (κ3) is 2.47. The van der Waals surface area contributed by atoms with E-state index in [1.54, 1.807) is 10.9 Å². The van der Waals surface area contributed by atoms with E-state index in [1.807, 2.05) is 36.4 Å². The van der Waals surface area contributed by atoms with E-state index in [1.165, 1.54) is 5.57 Å². The SMILES string of the molecule is OC1=C(c2cc(C3=CC=CC3)cc(-n3nc4ccccc4n3)c2)CC=C1. The number of aliphatic hydroxyl groups is 1. The molecule has 0 bridgehead atoms. The van der Waals surface area contributed by atoms with E-state index in [0.717, 1.165) is 46.3 Å². The van der Waals surface area contributed by atoms with Gasteiger partial charge < -0.3 is 5.11 Å². The van der Waals surface area contributed by atoms with Crippen LogP contribution in [0.5, 0.6) is 0 Å². The van der Waals surface area contributed by atoms with Crippen LogP contribution in [0.25, 0.3) is 27.9 Å². The monoisotopic (exact) mass is 339 g/mol. The first kappa shape index (κ1) is 14.9. The van der Waals surface area contributed by atoms with Crippen LogP contribution in [0.2, 0.25) is 0 Å². The Kier molecular flexibility index (Phi) is 3.35. The van der Waals surface area contributed by atoms with Gasteiger partial charge in [0.25, 0.3) is 0 Å². The molecule has 4 heteroatoms. The first-order valence-electron chi connectivity index (χ1n) is 8.70. The van der Waals surface area contributed by atoms with Crippen LogP contribution in [0.4, 0.5) is 0 Å². The highest BCUT2D eigenvalue weighted by molar-refractivity contribution is 5.80. The van der Waals surface area contributed by atoms with Crippen molar-refractivity contribution in [3.63, 3.8) is 0 Å². The van der Waals surface area contributed by atoms with Crippen molar-refractivity contribution in [1.29, 1.82) is 0 Å². The molecule has 4 nitrogen and oxygen atoms in total. The maximum absolute atomic E-state index is 10.2. The Bertz CT molecular complexity index is 1110. The second-order valence-electron chi connectivity index (χ2n) is 6.54. The molecule has 0 saturated carbocycles. The van der Waals surface area contributed by atoms with Crippen LogP contribution in [0.3, 0.4) is 0 Å². The number of hydrogen-bond donors (Lipinski definition) is 1. The van der Waals surface area contributed by atoms with Crippen LogP contribution < -0.4 is 0 Å². The Morgan fingerprint density at radius 3 is 2.31 bits per heavy atom. The van der Waals surface area contributed by atoms with E-state index < -0.39 is 0 Å². The van der Waals surface area contributed by atoms with Gasteiger partial charge in [-0.15, -0.1) is 10.2 Å². The van der Waals surface area contributed by atoms with Gasteiger partial charge in [0, 0.05) is 5.57 Å². The van der Waals surface area contributed by atoms with E-state index >= 15 is 0 Å². The molecule has 26 heavy (non-hydrogen) atoms. The Labute approximate surface area is 151 Å². The summed E-state index contributed by atoms with van der Waals surface area (Å²) in [6, 6.07) is 14.1. The fraction of sp³-hybridized carbons (Fsp3) is 0.0909. The Hall–Kier alpha value is -3.40. The van der Waals surface area contributed by atoms with Crippen LogP contribution in [-0.4, -0.2) is 20.1 Å². The maximum atomic E-state index is 10.2. The lowest BCUT2D eigenvalue weighted by Crippen LogP contribution is -2.01. The topological polar surface area (TPSA) is 50.9 Å². The molecule has 1 heterocycles. The molecule has 1 aromatic heterocycles. The number of aromatic nitrogens is 3. The number of allylic oxidation sites excluding steroid dienone is 7. The molecule has 0 spiro atoms. The maximum Gasteiger partial charge on any atom is 0.119 e. The molecule has 0 radical (unpaired) electrons. The number of nitrogens with zero attached hydrogens (tertiary/aromatic N) is 3. The van der Waals surface area contributed by atoms with Crippen LogP contribution in [0.1, 0.15) is 24.0 Å². The lowest BCUT2D eigenvalue weighted by Gasteiger charge is -2.11. The molecular formula is C22H17N3O. The summed E-state index contributed by atoms with van der Waals surface area (Å²) in [5.41, 5.74) is 6.97. The summed E-state index contributed by atoms with van der Waals surface area (Å²) < 4.78 is 0. The molecule has 126 valence electrons. The van der Waals surface area contributed by atoms with Gasteiger partial charge in [0.2, 0.25) is 0 Å². The predicted molar refractivity (Wildman–Crippen MR) is 104 cm³/mol. The zero-order valence-corrected chi connectivity index (χ0v) is 14.1. The first-order valence-corrected chi connectivity index (χ1v) is 8.70. The van der Waals surface area contributed by atoms with Gasteiger partial charge in [-0.05, 0) is 65.9 Å². The van der Waals surface area contributed by atoms with E-state index in [2.05, 4.69) is 40.6 Å². The highest BCUT2D eigenvalue weighted by Gasteiger charge is 2.16. The van der Waals surface area contributed by atoms with Crippen molar-refractivity contribution in [2.45, 2.75) is 12.8 Å². The summed E-state index contributed by atoms with van der Waals surface area (Å²) in [5, 5.41) is 19.4. The normalized spacial score (nSPS) is 16.1. The number of hydrogen-bond acceptors (Lipinski definition) is 3. The van der Waals surface area contributed by atoms with Gasteiger partial charge in [0.15, 0.2) is 0 Å². The van der Waals surface area contributed by atoms with Crippen molar-refractivity contribution in [2.75, 3.05) is 0 Å². The molecule has 2 aliphatic rings. The summed E-state index contributed by atoms with van der Waals surface area (Å²) in [7, 11) is 0. The first-order chi connectivity index (χ1) is 12.8. The molecule has 0 fully saturated rings. The molecule has 0 amide bonds. The molecule has 0 aliphatic heterocycles. The summed E-state index contributed by atoms with van der Waals surface area (Å²) in [6.07, 6.45) is 11.8.